The minimum Gasteiger partial charge on any atom is -0.491 e. The van der Waals surface area contributed by atoms with Crippen molar-refractivity contribution in [3.63, 3.8) is 0 Å². The zero-order valence-electron chi connectivity index (χ0n) is 15.1. The van der Waals surface area contributed by atoms with E-state index < -0.39 is 0 Å². The monoisotopic (exact) mass is 383 g/mol. The zero-order chi connectivity index (χ0) is 18.5. The van der Waals surface area contributed by atoms with Gasteiger partial charge in [-0.25, -0.2) is 0 Å². The van der Waals surface area contributed by atoms with Crippen molar-refractivity contribution in [2.75, 3.05) is 32.4 Å². The molecule has 2 heterocycles. The van der Waals surface area contributed by atoms with Crippen molar-refractivity contribution in [2.24, 2.45) is 0 Å². The molecule has 6 heteroatoms. The second-order valence-corrected chi connectivity index (χ2v) is 6.88. The first kappa shape index (κ1) is 17.7. The van der Waals surface area contributed by atoms with E-state index in [1.54, 1.807) is 18.4 Å². The molecule has 0 radical (unpaired) electrons. The topological polar surface area (TPSA) is 49.0 Å². The lowest BCUT2D eigenvalue weighted by molar-refractivity contribution is 0.145. The number of benzene rings is 2. The molecule has 0 saturated heterocycles. The lowest BCUT2D eigenvalue weighted by atomic mass is 10.1. The van der Waals surface area contributed by atoms with Crippen molar-refractivity contribution < 1.29 is 18.9 Å². The molecule has 27 heavy (non-hydrogen) atoms. The van der Waals surface area contributed by atoms with Gasteiger partial charge in [-0.3, -0.25) is 0 Å². The largest absolute Gasteiger partial charge is 0.491 e. The molecule has 140 valence electrons. The van der Waals surface area contributed by atoms with Crippen LogP contribution in [0.3, 0.4) is 0 Å². The molecule has 2 aromatic carbocycles. The number of anilines is 1. The van der Waals surface area contributed by atoms with Crippen LogP contribution in [0.5, 0.6) is 17.2 Å². The van der Waals surface area contributed by atoms with Gasteiger partial charge in [-0.05, 0) is 46.2 Å². The highest BCUT2D eigenvalue weighted by molar-refractivity contribution is 7.08. The maximum absolute atomic E-state index is 5.86. The molecule has 4 rings (SSSR count). The summed E-state index contributed by atoms with van der Waals surface area (Å²) in [6.07, 6.45) is 0. The van der Waals surface area contributed by atoms with Crippen molar-refractivity contribution >= 4 is 17.0 Å². The van der Waals surface area contributed by atoms with Crippen molar-refractivity contribution in [1.29, 1.82) is 0 Å². The van der Waals surface area contributed by atoms with Crippen molar-refractivity contribution in [3.05, 3.63) is 58.8 Å². The molecule has 0 saturated carbocycles. The number of fused-ring (bicyclic) bond motifs is 1. The Bertz CT molecular complexity index is 878. The van der Waals surface area contributed by atoms with Gasteiger partial charge in [0.25, 0.3) is 0 Å². The molecule has 1 aliphatic rings. The van der Waals surface area contributed by atoms with E-state index in [1.165, 1.54) is 11.1 Å². The van der Waals surface area contributed by atoms with Crippen LogP contribution in [0.25, 0.3) is 11.1 Å². The number of thiophene rings is 1. The summed E-state index contributed by atoms with van der Waals surface area (Å²) in [5, 5.41) is 7.69. The predicted octanol–water partition coefficient (Wildman–Crippen LogP) is 4.78. The minimum absolute atomic E-state index is 0.244. The van der Waals surface area contributed by atoms with Gasteiger partial charge in [0.15, 0.2) is 11.5 Å². The van der Waals surface area contributed by atoms with Gasteiger partial charge in [0, 0.05) is 31.0 Å². The van der Waals surface area contributed by atoms with Crippen LogP contribution in [0.15, 0.2) is 53.2 Å². The lowest BCUT2D eigenvalue weighted by Crippen LogP contribution is -2.08. The summed E-state index contributed by atoms with van der Waals surface area (Å²) in [4.78, 5) is 0. The van der Waals surface area contributed by atoms with Crippen LogP contribution in [0.1, 0.15) is 5.56 Å². The van der Waals surface area contributed by atoms with E-state index in [4.69, 9.17) is 18.9 Å². The lowest BCUT2D eigenvalue weighted by Gasteiger charge is -2.14. The molecule has 0 unspecified atom stereocenters. The van der Waals surface area contributed by atoms with Crippen LogP contribution in [0.2, 0.25) is 0 Å². The van der Waals surface area contributed by atoms with E-state index in [9.17, 15) is 0 Å². The van der Waals surface area contributed by atoms with Gasteiger partial charge in [0.05, 0.1) is 6.61 Å². The summed E-state index contributed by atoms with van der Waals surface area (Å²) >= 11 is 1.70. The fourth-order valence-electron chi connectivity index (χ4n) is 2.88. The smallest absolute Gasteiger partial charge is 0.231 e. The van der Waals surface area contributed by atoms with Gasteiger partial charge in [0.1, 0.15) is 12.4 Å². The Balaban J connectivity index is 1.46. The Morgan fingerprint density at radius 3 is 2.56 bits per heavy atom. The van der Waals surface area contributed by atoms with Crippen LogP contribution in [0, 0.1) is 0 Å². The quantitative estimate of drug-likeness (QED) is 0.567. The molecule has 0 atom stereocenters. The standard InChI is InChI=1S/C21H21NO4S/c1-23-7-8-24-19-11-21-20(25-14-26-21)10-17(19)12-22-18-4-2-15(3-5-18)16-6-9-27-13-16/h2-6,9-11,13,22H,7-8,12,14H2,1H3. The third kappa shape index (κ3) is 4.18. The molecule has 0 bridgehead atoms. The van der Waals surface area contributed by atoms with Crippen molar-refractivity contribution in [1.82, 2.24) is 0 Å². The highest BCUT2D eigenvalue weighted by Crippen LogP contribution is 2.38. The van der Waals surface area contributed by atoms with Gasteiger partial charge in [-0.15, -0.1) is 0 Å². The fourth-order valence-corrected chi connectivity index (χ4v) is 3.54. The Kier molecular flexibility index (Phi) is 5.46. The predicted molar refractivity (Wildman–Crippen MR) is 107 cm³/mol. The fraction of sp³-hybridized carbons (Fsp3) is 0.238. The van der Waals surface area contributed by atoms with Gasteiger partial charge < -0.3 is 24.3 Å². The Morgan fingerprint density at radius 2 is 1.81 bits per heavy atom. The summed E-state index contributed by atoms with van der Waals surface area (Å²) in [7, 11) is 1.66. The van der Waals surface area contributed by atoms with E-state index in [0.29, 0.717) is 25.5 Å². The molecular weight excluding hydrogens is 362 g/mol. The Morgan fingerprint density at radius 1 is 1.00 bits per heavy atom. The molecular formula is C21H21NO4S. The van der Waals surface area contributed by atoms with E-state index in [-0.39, 0.29) is 6.79 Å². The highest BCUT2D eigenvalue weighted by Gasteiger charge is 2.18. The molecule has 5 nitrogen and oxygen atoms in total. The Labute approximate surface area is 162 Å². The normalized spacial score (nSPS) is 12.2. The number of methoxy groups -OCH3 is 1. The first-order valence-electron chi connectivity index (χ1n) is 8.74. The number of rotatable bonds is 8. The van der Waals surface area contributed by atoms with E-state index in [2.05, 4.69) is 46.4 Å². The van der Waals surface area contributed by atoms with Crippen LogP contribution < -0.4 is 19.5 Å². The number of hydrogen-bond acceptors (Lipinski definition) is 6. The summed E-state index contributed by atoms with van der Waals surface area (Å²) in [5.41, 5.74) is 4.52. The van der Waals surface area contributed by atoms with Crippen molar-refractivity contribution in [2.45, 2.75) is 6.54 Å². The third-order valence-electron chi connectivity index (χ3n) is 4.32. The third-order valence-corrected chi connectivity index (χ3v) is 5.01. The number of hydrogen-bond donors (Lipinski definition) is 1. The SMILES string of the molecule is COCCOc1cc2c(cc1CNc1ccc(-c3ccsc3)cc1)OCO2. The van der Waals surface area contributed by atoms with Crippen molar-refractivity contribution in [3.8, 4) is 28.4 Å². The summed E-state index contributed by atoms with van der Waals surface area (Å²) in [6, 6.07) is 14.4. The molecule has 1 aliphatic heterocycles. The first-order valence-corrected chi connectivity index (χ1v) is 9.68. The first-order chi connectivity index (χ1) is 13.3. The highest BCUT2D eigenvalue weighted by atomic mass is 32.1. The van der Waals surface area contributed by atoms with Crippen LogP contribution in [-0.2, 0) is 11.3 Å². The molecule has 1 aromatic heterocycles. The van der Waals surface area contributed by atoms with Gasteiger partial charge >= 0.3 is 0 Å². The van der Waals surface area contributed by atoms with Gasteiger partial charge in [-0.2, -0.15) is 11.3 Å². The molecule has 0 spiro atoms. The van der Waals surface area contributed by atoms with Gasteiger partial charge in [0.2, 0.25) is 6.79 Å². The maximum Gasteiger partial charge on any atom is 0.231 e. The summed E-state index contributed by atoms with van der Waals surface area (Å²) in [6.45, 7) is 1.88. The molecule has 1 N–H and O–H groups in total. The summed E-state index contributed by atoms with van der Waals surface area (Å²) in [5.74, 6) is 2.24. The zero-order valence-corrected chi connectivity index (χ0v) is 15.9. The van der Waals surface area contributed by atoms with Crippen LogP contribution >= 0.6 is 11.3 Å². The van der Waals surface area contributed by atoms with Crippen LogP contribution in [0.4, 0.5) is 5.69 Å². The number of nitrogens with one attached hydrogen (secondary N) is 1. The second kappa shape index (κ2) is 8.33. The van der Waals surface area contributed by atoms with Crippen LogP contribution in [-0.4, -0.2) is 27.1 Å². The molecule has 0 aliphatic carbocycles. The van der Waals surface area contributed by atoms with Gasteiger partial charge in [-0.1, -0.05) is 12.1 Å². The van der Waals surface area contributed by atoms with E-state index in [0.717, 1.165) is 22.7 Å². The average molecular weight is 383 g/mol. The van der Waals surface area contributed by atoms with E-state index >= 15 is 0 Å². The maximum atomic E-state index is 5.86. The minimum atomic E-state index is 0.244. The second-order valence-electron chi connectivity index (χ2n) is 6.10. The Hall–Kier alpha value is -2.70. The number of ether oxygens (including phenoxy) is 4. The molecule has 0 amide bonds. The van der Waals surface area contributed by atoms with E-state index in [1.807, 2.05) is 12.1 Å². The summed E-state index contributed by atoms with van der Waals surface area (Å²) < 4.78 is 21.9. The average Bonchev–Trinajstić information content (AvgIpc) is 3.38. The molecule has 3 aromatic rings. The molecule has 0 fully saturated rings.